The molecule has 1 aromatic heterocycles. The molecule has 1 rings (SSSR count). The van der Waals surface area contributed by atoms with Gasteiger partial charge < -0.3 is 14.6 Å². The molecule has 1 aromatic rings. The fourth-order valence-electron chi connectivity index (χ4n) is 2.00. The molecule has 0 amide bonds. The van der Waals surface area contributed by atoms with Crippen molar-refractivity contribution >= 4 is 17.6 Å². The van der Waals surface area contributed by atoms with Gasteiger partial charge in [-0.15, -0.1) is 0 Å². The molecular formula is C14H20ClNO4. The minimum Gasteiger partial charge on any atom is -0.481 e. The Morgan fingerprint density at radius 3 is 2.65 bits per heavy atom. The molecule has 0 aliphatic heterocycles. The van der Waals surface area contributed by atoms with Crippen molar-refractivity contribution in [1.29, 1.82) is 0 Å². The summed E-state index contributed by atoms with van der Waals surface area (Å²) in [6.45, 7) is 1.68. The van der Waals surface area contributed by atoms with Crippen molar-refractivity contribution in [3.63, 3.8) is 0 Å². The molecule has 0 aliphatic rings. The molecule has 1 N–H and O–H groups in total. The highest BCUT2D eigenvalue weighted by atomic mass is 35.5. The summed E-state index contributed by atoms with van der Waals surface area (Å²) >= 11 is 5.96. The maximum absolute atomic E-state index is 10.8. The minimum atomic E-state index is -0.997. The number of methoxy groups -OCH3 is 2. The minimum absolute atomic E-state index is 0.395. The summed E-state index contributed by atoms with van der Waals surface area (Å²) in [5.74, 6) is -2.19. The summed E-state index contributed by atoms with van der Waals surface area (Å²) in [7, 11) is 3.07. The second-order valence-electron chi connectivity index (χ2n) is 4.65. The first kappa shape index (κ1) is 16.9. The number of aliphatic carboxylic acids is 1. The van der Waals surface area contributed by atoms with E-state index in [0.717, 1.165) is 0 Å². The molecule has 1 atom stereocenters. The Hall–Kier alpha value is -1.17. The van der Waals surface area contributed by atoms with E-state index in [0.29, 0.717) is 30.0 Å². The van der Waals surface area contributed by atoms with Crippen molar-refractivity contribution in [1.82, 2.24) is 4.98 Å². The van der Waals surface area contributed by atoms with Gasteiger partial charge in [0.15, 0.2) is 0 Å². The molecule has 112 valence electrons. The maximum Gasteiger partial charge on any atom is 0.306 e. The van der Waals surface area contributed by atoms with Crippen LogP contribution >= 0.6 is 11.6 Å². The molecule has 0 saturated carbocycles. The zero-order valence-electron chi connectivity index (χ0n) is 11.9. The lowest BCUT2D eigenvalue weighted by Gasteiger charge is -2.30. The zero-order chi connectivity index (χ0) is 15.2. The van der Waals surface area contributed by atoms with E-state index in [2.05, 4.69) is 4.98 Å². The van der Waals surface area contributed by atoms with Crippen LogP contribution in [0.3, 0.4) is 0 Å². The fraction of sp³-hybridized carbons (Fsp3) is 0.571. The van der Waals surface area contributed by atoms with Crippen molar-refractivity contribution in [3.8, 4) is 0 Å². The molecular weight excluding hydrogens is 282 g/mol. The number of halogens is 1. The number of aromatic nitrogens is 1. The highest BCUT2D eigenvalue weighted by Gasteiger charge is 2.33. The van der Waals surface area contributed by atoms with E-state index >= 15 is 0 Å². The van der Waals surface area contributed by atoms with E-state index < -0.39 is 17.7 Å². The van der Waals surface area contributed by atoms with Gasteiger partial charge in [-0.05, 0) is 25.0 Å². The van der Waals surface area contributed by atoms with Gasteiger partial charge in [0.1, 0.15) is 5.69 Å². The molecule has 0 bridgehead atoms. The van der Waals surface area contributed by atoms with Crippen LogP contribution < -0.4 is 0 Å². The summed E-state index contributed by atoms with van der Waals surface area (Å²) in [6.07, 6.45) is 3.28. The van der Waals surface area contributed by atoms with Gasteiger partial charge in [0.05, 0.1) is 5.92 Å². The van der Waals surface area contributed by atoms with Crippen LogP contribution in [0.25, 0.3) is 0 Å². The molecule has 0 aromatic carbocycles. The number of hydrogen-bond donors (Lipinski definition) is 1. The Bertz CT molecular complexity index is 449. The van der Waals surface area contributed by atoms with Crippen LogP contribution in [0.5, 0.6) is 0 Å². The topological polar surface area (TPSA) is 68.7 Å². The van der Waals surface area contributed by atoms with Crippen molar-refractivity contribution in [2.45, 2.75) is 32.0 Å². The second kappa shape index (κ2) is 7.57. The number of rotatable bonds is 8. The monoisotopic (exact) mass is 301 g/mol. The maximum atomic E-state index is 10.8. The van der Waals surface area contributed by atoms with Crippen LogP contribution in [0, 0.1) is 5.92 Å². The van der Waals surface area contributed by atoms with Gasteiger partial charge in [-0.25, -0.2) is 0 Å². The van der Waals surface area contributed by atoms with Gasteiger partial charge >= 0.3 is 5.97 Å². The number of carboxylic acid groups (broad SMARTS) is 1. The first-order chi connectivity index (χ1) is 9.45. The summed E-state index contributed by atoms with van der Waals surface area (Å²) in [4.78, 5) is 15.1. The van der Waals surface area contributed by atoms with Crippen LogP contribution in [0.1, 0.15) is 31.9 Å². The van der Waals surface area contributed by atoms with E-state index in [-0.39, 0.29) is 0 Å². The molecule has 6 heteroatoms. The Morgan fingerprint density at radius 1 is 1.50 bits per heavy atom. The molecule has 5 nitrogen and oxygen atoms in total. The van der Waals surface area contributed by atoms with E-state index in [9.17, 15) is 4.79 Å². The van der Waals surface area contributed by atoms with Gasteiger partial charge in [0.2, 0.25) is 5.79 Å². The average Bonchev–Trinajstić information content (AvgIpc) is 2.43. The first-order valence-electron chi connectivity index (χ1n) is 6.40. The predicted molar refractivity (Wildman–Crippen MR) is 75.6 cm³/mol. The van der Waals surface area contributed by atoms with E-state index in [4.69, 9.17) is 26.2 Å². The average molecular weight is 302 g/mol. The predicted octanol–water partition coefficient (Wildman–Crippen LogP) is 3.07. The van der Waals surface area contributed by atoms with Gasteiger partial charge in [-0.1, -0.05) is 18.5 Å². The van der Waals surface area contributed by atoms with Crippen molar-refractivity contribution < 1.29 is 19.4 Å². The number of nitrogens with zero attached hydrogens (tertiary/aromatic N) is 1. The third-order valence-electron chi connectivity index (χ3n) is 3.34. The molecule has 0 saturated heterocycles. The molecule has 20 heavy (non-hydrogen) atoms. The largest absolute Gasteiger partial charge is 0.481 e. The number of ether oxygens (including phenoxy) is 2. The van der Waals surface area contributed by atoms with Crippen molar-refractivity contribution in [2.75, 3.05) is 14.2 Å². The summed E-state index contributed by atoms with van der Waals surface area (Å²) in [6, 6.07) is 3.36. The third-order valence-corrected chi connectivity index (χ3v) is 3.57. The highest BCUT2D eigenvalue weighted by molar-refractivity contribution is 6.30. The van der Waals surface area contributed by atoms with Crippen LogP contribution in [0.4, 0.5) is 0 Å². The SMILES string of the molecule is COC(CCC[C@H](C)C(=O)O)(OC)c1cc(Cl)ccn1. The van der Waals surface area contributed by atoms with Gasteiger partial charge in [-0.2, -0.15) is 0 Å². The summed E-state index contributed by atoms with van der Waals surface area (Å²) in [5, 5.41) is 9.44. The zero-order valence-corrected chi connectivity index (χ0v) is 12.7. The lowest BCUT2D eigenvalue weighted by molar-refractivity contribution is -0.223. The van der Waals surface area contributed by atoms with Gasteiger partial charge in [0, 0.05) is 31.9 Å². The normalized spacial score (nSPS) is 13.2. The second-order valence-corrected chi connectivity index (χ2v) is 5.09. The Balaban J connectivity index is 2.79. The van der Waals surface area contributed by atoms with E-state index in [1.54, 1.807) is 25.3 Å². The third kappa shape index (κ3) is 4.16. The lowest BCUT2D eigenvalue weighted by Crippen LogP contribution is -2.32. The van der Waals surface area contributed by atoms with Crippen LogP contribution in [0.2, 0.25) is 5.02 Å². The number of carboxylic acids is 1. The molecule has 0 fully saturated rings. The molecule has 0 unspecified atom stereocenters. The number of hydrogen-bond acceptors (Lipinski definition) is 4. The van der Waals surface area contributed by atoms with Crippen molar-refractivity contribution in [2.24, 2.45) is 5.92 Å². The fourth-order valence-corrected chi connectivity index (χ4v) is 2.16. The van der Waals surface area contributed by atoms with E-state index in [1.165, 1.54) is 14.2 Å². The summed E-state index contributed by atoms with van der Waals surface area (Å²) in [5.41, 5.74) is 0.581. The first-order valence-corrected chi connectivity index (χ1v) is 6.78. The Kier molecular flexibility index (Phi) is 6.39. The van der Waals surface area contributed by atoms with Gasteiger partial charge in [-0.3, -0.25) is 9.78 Å². The van der Waals surface area contributed by atoms with Crippen molar-refractivity contribution in [3.05, 3.63) is 29.0 Å². The Morgan fingerprint density at radius 2 is 2.15 bits per heavy atom. The van der Waals surface area contributed by atoms with Crippen LogP contribution in [0.15, 0.2) is 18.3 Å². The lowest BCUT2D eigenvalue weighted by atomic mass is 9.99. The molecule has 0 spiro atoms. The number of carbonyl (C=O) groups is 1. The number of pyridine rings is 1. The highest BCUT2D eigenvalue weighted by Crippen LogP contribution is 2.32. The van der Waals surface area contributed by atoms with Crippen LogP contribution in [-0.2, 0) is 20.1 Å². The smallest absolute Gasteiger partial charge is 0.306 e. The van der Waals surface area contributed by atoms with E-state index in [1.807, 2.05) is 0 Å². The van der Waals surface area contributed by atoms with Gasteiger partial charge in [0.25, 0.3) is 0 Å². The molecule has 0 radical (unpaired) electrons. The Labute approximate surface area is 123 Å². The standard InChI is InChI=1S/C14H20ClNO4/c1-10(13(17)18)5-4-7-14(19-2,20-3)12-9-11(15)6-8-16-12/h6,8-10H,4-5,7H2,1-3H3,(H,17,18)/t10-/m0/s1. The quantitative estimate of drug-likeness (QED) is 0.747. The molecule has 0 aliphatic carbocycles. The summed E-state index contributed by atoms with van der Waals surface area (Å²) < 4.78 is 11.0. The van der Waals surface area contributed by atoms with Crippen LogP contribution in [-0.4, -0.2) is 30.3 Å². The molecule has 1 heterocycles.